The van der Waals surface area contributed by atoms with Crippen LogP contribution in [-0.2, 0) is 22.6 Å². The van der Waals surface area contributed by atoms with Crippen LogP contribution in [0.5, 0.6) is 0 Å². The van der Waals surface area contributed by atoms with E-state index in [1.54, 1.807) is 23.6 Å². The molecule has 1 fully saturated rings. The number of likely N-dealkylation sites (tertiary alicyclic amines) is 1. The topological polar surface area (TPSA) is 100 Å². The van der Waals surface area contributed by atoms with Crippen LogP contribution >= 0.6 is 11.3 Å². The van der Waals surface area contributed by atoms with Gasteiger partial charge in [-0.15, -0.1) is 11.3 Å². The van der Waals surface area contributed by atoms with Crippen LogP contribution in [0.15, 0.2) is 48.0 Å². The third-order valence-electron chi connectivity index (χ3n) is 5.76. The van der Waals surface area contributed by atoms with E-state index in [4.69, 9.17) is 5.73 Å². The fourth-order valence-corrected chi connectivity index (χ4v) is 4.96. The van der Waals surface area contributed by atoms with E-state index in [1.807, 2.05) is 30.1 Å². The van der Waals surface area contributed by atoms with Crippen LogP contribution in [0.1, 0.15) is 24.0 Å². The van der Waals surface area contributed by atoms with Crippen LogP contribution in [-0.4, -0.2) is 47.4 Å². The number of nitrogens with one attached hydrogen (secondary N) is 2. The molecule has 4 rings (SSSR count). The molecule has 2 aromatic heterocycles. The van der Waals surface area contributed by atoms with Gasteiger partial charge in [0.15, 0.2) is 0 Å². The molecule has 0 saturated carbocycles. The highest BCUT2D eigenvalue weighted by Crippen LogP contribution is 2.27. The van der Waals surface area contributed by atoms with Crippen molar-refractivity contribution in [2.24, 2.45) is 0 Å². The lowest BCUT2D eigenvalue weighted by molar-refractivity contribution is -0.131. The first-order valence-electron chi connectivity index (χ1n) is 10.4. The Morgan fingerprint density at radius 3 is 2.87 bits per heavy atom. The van der Waals surface area contributed by atoms with E-state index in [0.717, 1.165) is 35.9 Å². The number of carbonyl (C=O) groups is 2. The van der Waals surface area contributed by atoms with Crippen molar-refractivity contribution >= 4 is 39.1 Å². The number of hydrogen-bond donors (Lipinski definition) is 3. The van der Waals surface area contributed by atoms with Gasteiger partial charge in [-0.05, 0) is 60.5 Å². The third kappa shape index (κ3) is 5.03. The Balaban J connectivity index is 1.50. The summed E-state index contributed by atoms with van der Waals surface area (Å²) in [5.74, 6) is 0.139. The number of likely N-dealkylation sites (N-methyl/N-ethyl adjacent to an activating group) is 1. The molecule has 4 N–H and O–H groups in total. The molecule has 2 atom stereocenters. The normalized spacial score (nSPS) is 17.5. The van der Waals surface area contributed by atoms with E-state index in [2.05, 4.69) is 33.1 Å². The number of fused-ring (bicyclic) bond motifs is 1. The molecule has 162 valence electrons. The van der Waals surface area contributed by atoms with E-state index in [0.29, 0.717) is 18.8 Å². The molecule has 31 heavy (non-hydrogen) atoms. The van der Waals surface area contributed by atoms with Crippen molar-refractivity contribution in [3.63, 3.8) is 0 Å². The monoisotopic (exact) mass is 437 g/mol. The average Bonchev–Trinajstić information content (AvgIpc) is 3.39. The van der Waals surface area contributed by atoms with E-state index < -0.39 is 6.04 Å². The number of nitrogens with two attached hydrogens (primary N) is 1. The lowest BCUT2D eigenvalue weighted by Crippen LogP contribution is -2.52. The van der Waals surface area contributed by atoms with E-state index >= 15 is 0 Å². The zero-order chi connectivity index (χ0) is 21.8. The number of benzene rings is 1. The standard InChI is InChI=1S/C23H27N5O2S/c1-28-10-4-6-19(28)23(30)27-18(11-16-14-31-20-7-3-2-5-17(16)20)22(29)26-13-15-8-9-21(24)25-12-15/h2-3,5,7-9,12,14,18-19H,4,6,10-11,13H2,1H3,(H2,24,25)(H,26,29)(H,27,30)/t18-,19+/m0/s1. The van der Waals surface area contributed by atoms with Crippen molar-refractivity contribution in [3.8, 4) is 0 Å². The highest BCUT2D eigenvalue weighted by molar-refractivity contribution is 7.17. The Hall–Kier alpha value is -2.97. The highest BCUT2D eigenvalue weighted by Gasteiger charge is 2.31. The van der Waals surface area contributed by atoms with Gasteiger partial charge in [-0.3, -0.25) is 14.5 Å². The molecule has 0 aliphatic carbocycles. The quantitative estimate of drug-likeness (QED) is 0.527. The number of nitrogen functional groups attached to an aromatic ring is 1. The maximum absolute atomic E-state index is 13.1. The molecule has 1 saturated heterocycles. The maximum atomic E-state index is 13.1. The van der Waals surface area contributed by atoms with Gasteiger partial charge in [0.25, 0.3) is 0 Å². The lowest BCUT2D eigenvalue weighted by atomic mass is 10.0. The Bertz CT molecular complexity index is 1070. The van der Waals surface area contributed by atoms with Gasteiger partial charge in [-0.2, -0.15) is 0 Å². The van der Waals surface area contributed by atoms with Crippen molar-refractivity contribution in [2.75, 3.05) is 19.3 Å². The van der Waals surface area contributed by atoms with Gasteiger partial charge in [-0.1, -0.05) is 24.3 Å². The Morgan fingerprint density at radius 2 is 2.13 bits per heavy atom. The molecular formula is C23H27N5O2S. The van der Waals surface area contributed by atoms with Crippen molar-refractivity contribution in [1.29, 1.82) is 0 Å². The van der Waals surface area contributed by atoms with Crippen LogP contribution < -0.4 is 16.4 Å². The van der Waals surface area contributed by atoms with E-state index in [-0.39, 0.29) is 17.9 Å². The summed E-state index contributed by atoms with van der Waals surface area (Å²) < 4.78 is 1.17. The number of pyridine rings is 1. The van der Waals surface area contributed by atoms with Gasteiger partial charge in [0.1, 0.15) is 11.9 Å². The molecule has 1 aromatic carbocycles. The summed E-state index contributed by atoms with van der Waals surface area (Å²) >= 11 is 1.65. The molecule has 1 aliphatic rings. The van der Waals surface area contributed by atoms with Crippen LogP contribution in [0.4, 0.5) is 5.82 Å². The second-order valence-corrected chi connectivity index (χ2v) is 8.88. The molecule has 0 bridgehead atoms. The number of hydrogen-bond acceptors (Lipinski definition) is 6. The summed E-state index contributed by atoms with van der Waals surface area (Å²) in [6, 6.07) is 10.8. The molecule has 0 spiro atoms. The summed E-state index contributed by atoms with van der Waals surface area (Å²) in [4.78, 5) is 32.1. The first-order chi connectivity index (χ1) is 15.0. The molecule has 7 nitrogen and oxygen atoms in total. The molecule has 3 aromatic rings. The number of carbonyl (C=O) groups excluding carboxylic acids is 2. The predicted octanol–water partition coefficient (Wildman–Crippen LogP) is 2.32. The van der Waals surface area contributed by atoms with Gasteiger partial charge in [0.2, 0.25) is 11.8 Å². The van der Waals surface area contributed by atoms with Crippen molar-refractivity contribution < 1.29 is 9.59 Å². The summed E-state index contributed by atoms with van der Waals surface area (Å²) in [7, 11) is 1.95. The van der Waals surface area contributed by atoms with Crippen molar-refractivity contribution in [2.45, 2.75) is 37.9 Å². The first kappa shape index (κ1) is 21.3. The minimum Gasteiger partial charge on any atom is -0.384 e. The Morgan fingerprint density at radius 1 is 1.29 bits per heavy atom. The predicted molar refractivity (Wildman–Crippen MR) is 124 cm³/mol. The molecule has 1 aliphatic heterocycles. The lowest BCUT2D eigenvalue weighted by Gasteiger charge is -2.23. The SMILES string of the molecule is CN1CCC[C@@H]1C(=O)N[C@@H](Cc1csc2ccccc12)C(=O)NCc1ccc(N)nc1. The largest absolute Gasteiger partial charge is 0.384 e. The number of aromatic nitrogens is 1. The number of amides is 2. The fraction of sp³-hybridized carbons (Fsp3) is 0.348. The zero-order valence-corrected chi connectivity index (χ0v) is 18.3. The molecular weight excluding hydrogens is 410 g/mol. The minimum atomic E-state index is -0.652. The van der Waals surface area contributed by atoms with Crippen molar-refractivity contribution in [3.05, 3.63) is 59.1 Å². The summed E-state index contributed by atoms with van der Waals surface area (Å²) in [6.07, 6.45) is 3.89. The van der Waals surface area contributed by atoms with Gasteiger partial charge in [0, 0.05) is 23.9 Å². The van der Waals surface area contributed by atoms with Crippen LogP contribution in [0, 0.1) is 0 Å². The Kier molecular flexibility index (Phi) is 6.48. The number of nitrogens with zero attached hydrogens (tertiary/aromatic N) is 2. The van der Waals surface area contributed by atoms with Gasteiger partial charge < -0.3 is 16.4 Å². The minimum absolute atomic E-state index is 0.0890. The summed E-state index contributed by atoms with van der Waals surface area (Å²) in [5.41, 5.74) is 7.54. The fourth-order valence-electron chi connectivity index (χ4n) is 3.98. The molecule has 0 radical (unpaired) electrons. The average molecular weight is 438 g/mol. The van der Waals surface area contributed by atoms with E-state index in [1.165, 1.54) is 4.70 Å². The van der Waals surface area contributed by atoms with Crippen LogP contribution in [0.3, 0.4) is 0 Å². The smallest absolute Gasteiger partial charge is 0.243 e. The molecule has 2 amide bonds. The van der Waals surface area contributed by atoms with Crippen LogP contribution in [0.25, 0.3) is 10.1 Å². The molecule has 3 heterocycles. The zero-order valence-electron chi connectivity index (χ0n) is 17.5. The van der Waals surface area contributed by atoms with Gasteiger partial charge >= 0.3 is 0 Å². The third-order valence-corrected chi connectivity index (χ3v) is 6.77. The van der Waals surface area contributed by atoms with Crippen LogP contribution in [0.2, 0.25) is 0 Å². The van der Waals surface area contributed by atoms with Gasteiger partial charge in [-0.25, -0.2) is 4.98 Å². The van der Waals surface area contributed by atoms with Crippen molar-refractivity contribution in [1.82, 2.24) is 20.5 Å². The summed E-state index contributed by atoms with van der Waals surface area (Å²) in [5, 5.41) is 9.15. The van der Waals surface area contributed by atoms with Gasteiger partial charge in [0.05, 0.1) is 6.04 Å². The second kappa shape index (κ2) is 9.45. The number of rotatable bonds is 7. The summed E-state index contributed by atoms with van der Waals surface area (Å²) in [6.45, 7) is 1.22. The number of anilines is 1. The van der Waals surface area contributed by atoms with E-state index in [9.17, 15) is 9.59 Å². The second-order valence-electron chi connectivity index (χ2n) is 7.97. The molecule has 0 unspecified atom stereocenters. The Labute approximate surface area is 185 Å². The maximum Gasteiger partial charge on any atom is 0.243 e. The molecule has 8 heteroatoms. The highest BCUT2D eigenvalue weighted by atomic mass is 32.1. The number of thiophene rings is 1. The first-order valence-corrected chi connectivity index (χ1v) is 11.3.